The molecule has 0 saturated heterocycles. The Morgan fingerprint density at radius 1 is 1.05 bits per heavy atom. The van der Waals surface area contributed by atoms with Gasteiger partial charge in [0.2, 0.25) is 0 Å². The molecule has 2 N–H and O–H groups in total. The SMILES string of the molecule is CC(C)(N)CC(Oc1cccc2ccccc12)c1cccs1. The van der Waals surface area contributed by atoms with Gasteiger partial charge in [-0.25, -0.2) is 0 Å². The van der Waals surface area contributed by atoms with E-state index in [-0.39, 0.29) is 11.6 Å². The standard InChI is InChI=1S/C19H21NOS/c1-19(2,20)13-17(18-11-6-12-22-18)21-16-10-5-8-14-7-3-4-9-15(14)16/h3-12,17H,13,20H2,1-2H3. The van der Waals surface area contributed by atoms with Gasteiger partial charge in [-0.2, -0.15) is 0 Å². The lowest BCUT2D eigenvalue weighted by molar-refractivity contribution is 0.173. The highest BCUT2D eigenvalue weighted by Gasteiger charge is 2.23. The molecule has 114 valence electrons. The smallest absolute Gasteiger partial charge is 0.135 e. The van der Waals surface area contributed by atoms with Crippen molar-refractivity contribution >= 4 is 22.1 Å². The van der Waals surface area contributed by atoms with E-state index >= 15 is 0 Å². The van der Waals surface area contributed by atoms with Crippen LogP contribution < -0.4 is 10.5 Å². The zero-order valence-electron chi connectivity index (χ0n) is 13.0. The molecule has 22 heavy (non-hydrogen) atoms. The Balaban J connectivity index is 1.95. The first-order chi connectivity index (χ1) is 10.5. The van der Waals surface area contributed by atoms with E-state index in [1.165, 1.54) is 10.3 Å². The van der Waals surface area contributed by atoms with Crippen LogP contribution in [0.2, 0.25) is 0 Å². The Labute approximate surface area is 135 Å². The lowest BCUT2D eigenvalue weighted by Gasteiger charge is -2.26. The molecule has 1 heterocycles. The Kier molecular flexibility index (Phi) is 4.19. The molecule has 0 fully saturated rings. The van der Waals surface area contributed by atoms with Crippen LogP contribution in [0.15, 0.2) is 60.0 Å². The van der Waals surface area contributed by atoms with Gasteiger partial charge in [0.05, 0.1) is 0 Å². The zero-order chi connectivity index (χ0) is 15.6. The molecule has 3 aromatic rings. The molecule has 3 rings (SSSR count). The van der Waals surface area contributed by atoms with Gasteiger partial charge < -0.3 is 10.5 Å². The summed E-state index contributed by atoms with van der Waals surface area (Å²) in [5, 5.41) is 4.41. The van der Waals surface area contributed by atoms with E-state index in [1.807, 2.05) is 38.1 Å². The number of fused-ring (bicyclic) bond motifs is 1. The monoisotopic (exact) mass is 311 g/mol. The summed E-state index contributed by atoms with van der Waals surface area (Å²) in [6, 6.07) is 18.7. The predicted octanol–water partition coefficient (Wildman–Crippen LogP) is 5.15. The van der Waals surface area contributed by atoms with Gasteiger partial charge in [0, 0.05) is 22.2 Å². The molecule has 0 aliphatic rings. The van der Waals surface area contributed by atoms with E-state index in [0.29, 0.717) is 0 Å². The number of nitrogens with two attached hydrogens (primary N) is 1. The third-order valence-electron chi connectivity index (χ3n) is 3.59. The van der Waals surface area contributed by atoms with Crippen molar-refractivity contribution < 1.29 is 4.74 Å². The molecule has 1 atom stereocenters. The molecule has 1 aromatic heterocycles. The number of rotatable bonds is 5. The topological polar surface area (TPSA) is 35.2 Å². The van der Waals surface area contributed by atoms with Crippen molar-refractivity contribution in [2.45, 2.75) is 31.9 Å². The molecule has 1 unspecified atom stereocenters. The minimum Gasteiger partial charge on any atom is -0.484 e. The average molecular weight is 311 g/mol. The van der Waals surface area contributed by atoms with Gasteiger partial charge in [-0.1, -0.05) is 42.5 Å². The van der Waals surface area contributed by atoms with Crippen LogP contribution in [0, 0.1) is 0 Å². The van der Waals surface area contributed by atoms with Crippen LogP contribution in [0.25, 0.3) is 10.8 Å². The number of ether oxygens (including phenoxy) is 1. The molecule has 2 nitrogen and oxygen atoms in total. The molecule has 2 aromatic carbocycles. The van der Waals surface area contributed by atoms with Gasteiger partial charge in [0.15, 0.2) is 0 Å². The van der Waals surface area contributed by atoms with Gasteiger partial charge in [0.1, 0.15) is 11.9 Å². The molecule has 0 bridgehead atoms. The van der Waals surface area contributed by atoms with Gasteiger partial charge in [-0.05, 0) is 36.7 Å². The Morgan fingerprint density at radius 2 is 1.82 bits per heavy atom. The summed E-state index contributed by atoms with van der Waals surface area (Å²) in [6.45, 7) is 4.08. The Bertz CT molecular complexity index is 738. The van der Waals surface area contributed by atoms with Crippen molar-refractivity contribution in [3.05, 3.63) is 64.9 Å². The second-order valence-electron chi connectivity index (χ2n) is 6.29. The number of hydrogen-bond donors (Lipinski definition) is 1. The van der Waals surface area contributed by atoms with Crippen molar-refractivity contribution in [1.29, 1.82) is 0 Å². The fraction of sp³-hybridized carbons (Fsp3) is 0.263. The second-order valence-corrected chi connectivity index (χ2v) is 7.27. The molecule has 0 aliphatic heterocycles. The lowest BCUT2D eigenvalue weighted by Crippen LogP contribution is -2.35. The summed E-state index contributed by atoms with van der Waals surface area (Å²) in [5.74, 6) is 0.917. The molecule has 0 radical (unpaired) electrons. The first kappa shape index (κ1) is 15.1. The second kappa shape index (κ2) is 6.11. The molecule has 0 aliphatic carbocycles. The maximum Gasteiger partial charge on any atom is 0.135 e. The highest BCUT2D eigenvalue weighted by molar-refractivity contribution is 7.10. The minimum atomic E-state index is -0.279. The number of thiophene rings is 1. The van der Waals surface area contributed by atoms with Gasteiger partial charge in [0.25, 0.3) is 0 Å². The number of hydrogen-bond acceptors (Lipinski definition) is 3. The minimum absolute atomic E-state index is 0.0224. The van der Waals surface area contributed by atoms with Gasteiger partial charge in [-0.15, -0.1) is 11.3 Å². The van der Waals surface area contributed by atoms with E-state index in [1.54, 1.807) is 11.3 Å². The summed E-state index contributed by atoms with van der Waals surface area (Å²) in [4.78, 5) is 1.21. The third-order valence-corrected chi connectivity index (χ3v) is 4.56. The average Bonchev–Trinajstić information content (AvgIpc) is 3.00. The highest BCUT2D eigenvalue weighted by Crippen LogP contribution is 2.34. The van der Waals surface area contributed by atoms with Crippen LogP contribution in [-0.4, -0.2) is 5.54 Å². The van der Waals surface area contributed by atoms with E-state index in [2.05, 4.69) is 35.7 Å². The first-order valence-electron chi connectivity index (χ1n) is 7.50. The normalized spacial score (nSPS) is 13.2. The molecule has 3 heteroatoms. The fourth-order valence-corrected chi connectivity index (χ4v) is 3.36. The van der Waals surface area contributed by atoms with Crippen LogP contribution in [0.5, 0.6) is 5.75 Å². The molecule has 0 amide bonds. The van der Waals surface area contributed by atoms with Crippen molar-refractivity contribution in [2.75, 3.05) is 0 Å². The van der Waals surface area contributed by atoms with Gasteiger partial charge >= 0.3 is 0 Å². The Morgan fingerprint density at radius 3 is 2.55 bits per heavy atom. The highest BCUT2D eigenvalue weighted by atomic mass is 32.1. The van der Waals surface area contributed by atoms with E-state index in [0.717, 1.165) is 17.6 Å². The number of benzene rings is 2. The van der Waals surface area contributed by atoms with Crippen LogP contribution in [0.3, 0.4) is 0 Å². The van der Waals surface area contributed by atoms with E-state index in [9.17, 15) is 0 Å². The van der Waals surface area contributed by atoms with E-state index in [4.69, 9.17) is 10.5 Å². The van der Waals surface area contributed by atoms with Crippen molar-refractivity contribution in [2.24, 2.45) is 5.73 Å². The van der Waals surface area contributed by atoms with Crippen molar-refractivity contribution in [3.63, 3.8) is 0 Å². The summed E-state index contributed by atoms with van der Waals surface area (Å²) >= 11 is 1.72. The van der Waals surface area contributed by atoms with Crippen LogP contribution in [0.1, 0.15) is 31.2 Å². The van der Waals surface area contributed by atoms with Crippen molar-refractivity contribution in [1.82, 2.24) is 0 Å². The summed E-state index contributed by atoms with van der Waals surface area (Å²) in [6.07, 6.45) is 0.752. The summed E-state index contributed by atoms with van der Waals surface area (Å²) < 4.78 is 6.38. The predicted molar refractivity (Wildman–Crippen MR) is 94.5 cm³/mol. The van der Waals surface area contributed by atoms with Crippen LogP contribution in [-0.2, 0) is 0 Å². The van der Waals surface area contributed by atoms with Crippen LogP contribution in [0.4, 0.5) is 0 Å². The first-order valence-corrected chi connectivity index (χ1v) is 8.38. The van der Waals surface area contributed by atoms with Gasteiger partial charge in [-0.3, -0.25) is 0 Å². The van der Waals surface area contributed by atoms with Crippen molar-refractivity contribution in [3.8, 4) is 5.75 Å². The zero-order valence-corrected chi connectivity index (χ0v) is 13.8. The maximum absolute atomic E-state index is 6.38. The van der Waals surface area contributed by atoms with Crippen LogP contribution >= 0.6 is 11.3 Å². The quantitative estimate of drug-likeness (QED) is 0.707. The lowest BCUT2D eigenvalue weighted by atomic mass is 9.97. The molecule has 0 saturated carbocycles. The molecular formula is C19H21NOS. The van der Waals surface area contributed by atoms with E-state index < -0.39 is 0 Å². The Hall–Kier alpha value is -1.84. The third kappa shape index (κ3) is 3.49. The molecule has 0 spiro atoms. The maximum atomic E-state index is 6.38. The largest absolute Gasteiger partial charge is 0.484 e. The fourth-order valence-electron chi connectivity index (χ4n) is 2.60. The summed E-state index contributed by atoms with van der Waals surface area (Å²) in [7, 11) is 0. The molecular weight excluding hydrogens is 290 g/mol. The summed E-state index contributed by atoms with van der Waals surface area (Å²) in [5.41, 5.74) is 5.95.